The summed E-state index contributed by atoms with van der Waals surface area (Å²) < 4.78 is 30.1. The normalized spacial score (nSPS) is 14.8. The quantitative estimate of drug-likeness (QED) is 0.0212. The predicted octanol–water partition coefficient (Wildman–Crippen LogP) is 16.3. The number of quaternary nitrogens is 1. The van der Waals surface area contributed by atoms with E-state index in [1.807, 2.05) is 39.4 Å². The molecule has 10 heteroatoms. The van der Waals surface area contributed by atoms with Gasteiger partial charge in [0.05, 0.1) is 33.8 Å². The summed E-state index contributed by atoms with van der Waals surface area (Å²) in [5, 5.41) is 2.97. The van der Waals surface area contributed by atoms with Gasteiger partial charge in [-0.2, -0.15) is 0 Å². The third-order valence-electron chi connectivity index (χ3n) is 11.3. The van der Waals surface area contributed by atoms with E-state index in [-0.39, 0.29) is 25.4 Å². The molecular weight excluding hydrogens is 916 g/mol. The number of likely N-dealkylation sites (N-methyl/N-ethyl adjacent to an activating group) is 1. The number of unbranched alkanes of at least 4 members (excludes halogenated alkanes) is 12. The van der Waals surface area contributed by atoms with E-state index in [0.717, 1.165) is 103 Å². The Hall–Kier alpha value is -3.85. The van der Waals surface area contributed by atoms with E-state index >= 15 is 0 Å². The largest absolute Gasteiger partial charge is 0.756 e. The van der Waals surface area contributed by atoms with Gasteiger partial charge >= 0.3 is 5.97 Å². The standard InChI is InChI=1S/C62H103N2O7P/c1-7-10-13-16-19-22-25-27-29-31-32-33-35-37-40-43-46-49-52-55-62(66)71-60(53-50-47-44-41-38-24-21-18-15-12-9-3)59(58-70-72(67,68)69-57-56-64(4,5)6)63-61(65)54-51-48-45-42-39-36-34-30-28-26-23-20-17-14-11-8-2/h10-11,13-14,19-20,22-23,27-30,32-33,36-37,39-40,46,49-50,53,59-60H,7-9,12,15-18,21,24-26,31,34-35,38,41-45,47-48,51-52,54-58H2,1-6H3,(H-,63,65,67,68)/b13-10-,14-11+,22-19-,23-20+,29-27-,30-28+,33-32-,39-36+,40-37-,49-46-,53-50+. The Morgan fingerprint density at radius 3 is 1.36 bits per heavy atom. The van der Waals surface area contributed by atoms with Gasteiger partial charge in [0.15, 0.2) is 0 Å². The average molecular weight is 1020 g/mol. The van der Waals surface area contributed by atoms with Crippen LogP contribution in [0, 0.1) is 0 Å². The first-order chi connectivity index (χ1) is 34.9. The number of phosphoric ester groups is 1. The summed E-state index contributed by atoms with van der Waals surface area (Å²) in [5.41, 5.74) is 0. The highest BCUT2D eigenvalue weighted by molar-refractivity contribution is 7.45. The topological polar surface area (TPSA) is 114 Å². The van der Waals surface area contributed by atoms with Crippen LogP contribution in [0.2, 0.25) is 0 Å². The maximum absolute atomic E-state index is 13.5. The van der Waals surface area contributed by atoms with Crippen molar-refractivity contribution in [3.8, 4) is 0 Å². The highest BCUT2D eigenvalue weighted by Gasteiger charge is 2.27. The van der Waals surface area contributed by atoms with Gasteiger partial charge in [0.2, 0.25) is 5.91 Å². The summed E-state index contributed by atoms with van der Waals surface area (Å²) in [7, 11) is 1.10. The van der Waals surface area contributed by atoms with Gasteiger partial charge in [0.1, 0.15) is 19.3 Å². The summed E-state index contributed by atoms with van der Waals surface area (Å²) >= 11 is 0. The number of ether oxygens (including phenoxy) is 1. The van der Waals surface area contributed by atoms with E-state index in [2.05, 4.69) is 135 Å². The minimum atomic E-state index is -4.73. The van der Waals surface area contributed by atoms with Crippen LogP contribution in [0.15, 0.2) is 134 Å². The fourth-order valence-corrected chi connectivity index (χ4v) is 7.79. The van der Waals surface area contributed by atoms with Crippen LogP contribution in [0.3, 0.4) is 0 Å². The van der Waals surface area contributed by atoms with Crippen LogP contribution in [-0.4, -0.2) is 69.4 Å². The molecule has 1 N–H and O–H groups in total. The molecule has 0 aromatic rings. The van der Waals surface area contributed by atoms with E-state index in [1.54, 1.807) is 6.08 Å². The SMILES string of the molecule is CC/C=C\C/C=C\C/C=C\C/C=C\C/C=C\C/C=C\CCC(=O)OC(/C=C/CCCCCCCCCCC)C(COP(=O)([O-])OCC[N+](C)(C)C)NC(=O)CCCCC/C=C/C/C=C/C/C=C/C/C=C/CC. The molecule has 72 heavy (non-hydrogen) atoms. The highest BCUT2D eigenvalue weighted by atomic mass is 31.2. The monoisotopic (exact) mass is 1020 g/mol. The van der Waals surface area contributed by atoms with Crippen molar-refractivity contribution in [1.82, 2.24) is 5.32 Å². The third-order valence-corrected chi connectivity index (χ3v) is 12.3. The van der Waals surface area contributed by atoms with Crippen LogP contribution in [0.4, 0.5) is 0 Å². The molecule has 0 aliphatic rings. The second-order valence-corrected chi connectivity index (χ2v) is 20.7. The lowest BCUT2D eigenvalue weighted by Gasteiger charge is -2.30. The summed E-state index contributed by atoms with van der Waals surface area (Å²) in [6, 6.07) is -0.944. The predicted molar refractivity (Wildman–Crippen MR) is 306 cm³/mol. The van der Waals surface area contributed by atoms with E-state index in [0.29, 0.717) is 23.9 Å². The Kier molecular flexibility index (Phi) is 48.0. The van der Waals surface area contributed by atoms with Crippen molar-refractivity contribution in [2.45, 2.75) is 206 Å². The van der Waals surface area contributed by atoms with Gasteiger partial charge in [0, 0.05) is 12.8 Å². The van der Waals surface area contributed by atoms with Crippen LogP contribution in [0.25, 0.3) is 0 Å². The number of allylic oxidation sites excluding steroid dienone is 21. The molecule has 0 heterocycles. The Labute approximate surface area is 441 Å². The van der Waals surface area contributed by atoms with E-state index < -0.39 is 32.5 Å². The zero-order chi connectivity index (χ0) is 52.9. The summed E-state index contributed by atoms with van der Waals surface area (Å²) in [6.45, 7) is 6.49. The zero-order valence-electron chi connectivity index (χ0n) is 46.3. The summed E-state index contributed by atoms with van der Waals surface area (Å²) in [5.74, 6) is -0.690. The summed E-state index contributed by atoms with van der Waals surface area (Å²) in [4.78, 5) is 39.8. The van der Waals surface area contributed by atoms with Crippen LogP contribution in [0.1, 0.15) is 194 Å². The number of rotatable bonds is 48. The van der Waals surface area contributed by atoms with E-state index in [1.165, 1.54) is 44.9 Å². The number of carbonyl (C=O) groups is 2. The van der Waals surface area contributed by atoms with Gasteiger partial charge in [-0.3, -0.25) is 14.2 Å². The van der Waals surface area contributed by atoms with Gasteiger partial charge in [-0.05, 0) is 109 Å². The molecule has 3 unspecified atom stereocenters. The number of carbonyl (C=O) groups excluding carboxylic acids is 2. The van der Waals surface area contributed by atoms with Crippen molar-refractivity contribution in [3.63, 3.8) is 0 Å². The molecule has 0 aliphatic heterocycles. The van der Waals surface area contributed by atoms with Crippen molar-refractivity contribution in [1.29, 1.82) is 0 Å². The molecule has 0 aliphatic carbocycles. The molecule has 0 bridgehead atoms. The molecule has 408 valence electrons. The molecule has 1 amide bonds. The van der Waals surface area contributed by atoms with Crippen LogP contribution >= 0.6 is 7.82 Å². The number of nitrogens with one attached hydrogen (secondary N) is 1. The lowest BCUT2D eigenvalue weighted by Crippen LogP contribution is -2.47. The summed E-state index contributed by atoms with van der Waals surface area (Å²) in [6.07, 6.45) is 71.5. The van der Waals surface area contributed by atoms with Crippen LogP contribution in [0.5, 0.6) is 0 Å². The number of phosphoric acid groups is 1. The number of hydrogen-bond donors (Lipinski definition) is 1. The number of esters is 1. The molecule has 0 rings (SSSR count). The van der Waals surface area contributed by atoms with Gasteiger partial charge in [-0.15, -0.1) is 0 Å². The lowest BCUT2D eigenvalue weighted by atomic mass is 10.1. The van der Waals surface area contributed by atoms with Crippen molar-refractivity contribution >= 4 is 19.7 Å². The molecule has 9 nitrogen and oxygen atoms in total. The Bertz CT molecular complexity index is 1690. The number of amides is 1. The fraction of sp³-hybridized carbons (Fsp3) is 0.613. The smallest absolute Gasteiger partial charge is 0.306 e. The van der Waals surface area contributed by atoms with Crippen molar-refractivity contribution in [3.05, 3.63) is 134 Å². The molecule has 0 saturated carbocycles. The fourth-order valence-electron chi connectivity index (χ4n) is 7.07. The molecule has 0 spiro atoms. The Morgan fingerprint density at radius 1 is 0.500 bits per heavy atom. The second kappa shape index (κ2) is 50.7. The van der Waals surface area contributed by atoms with Crippen molar-refractivity contribution in [2.75, 3.05) is 40.9 Å². The molecule has 0 saturated heterocycles. The molecule has 0 radical (unpaired) electrons. The first-order valence-corrected chi connectivity index (χ1v) is 29.5. The number of hydrogen-bond acceptors (Lipinski definition) is 7. The highest BCUT2D eigenvalue weighted by Crippen LogP contribution is 2.38. The maximum atomic E-state index is 13.5. The minimum absolute atomic E-state index is 0.0477. The molecule has 0 fully saturated rings. The Morgan fingerprint density at radius 2 is 0.903 bits per heavy atom. The van der Waals surface area contributed by atoms with Crippen LogP contribution < -0.4 is 10.2 Å². The first-order valence-electron chi connectivity index (χ1n) is 28.0. The third kappa shape index (κ3) is 51.1. The Balaban J connectivity index is 5.53. The molecule has 3 atom stereocenters. The van der Waals surface area contributed by atoms with Gasteiger partial charge in [-0.25, -0.2) is 0 Å². The van der Waals surface area contributed by atoms with Gasteiger partial charge in [-0.1, -0.05) is 206 Å². The first kappa shape index (κ1) is 68.2. The zero-order valence-corrected chi connectivity index (χ0v) is 47.2. The molecular formula is C62H103N2O7P. The minimum Gasteiger partial charge on any atom is -0.756 e. The number of nitrogens with zero attached hydrogens (tertiary/aromatic N) is 1. The van der Waals surface area contributed by atoms with Crippen LogP contribution in [-0.2, 0) is 27.9 Å². The second-order valence-electron chi connectivity index (χ2n) is 19.3. The van der Waals surface area contributed by atoms with E-state index in [9.17, 15) is 19.0 Å². The molecule has 0 aromatic heterocycles. The van der Waals surface area contributed by atoms with Gasteiger partial charge in [0.25, 0.3) is 7.82 Å². The van der Waals surface area contributed by atoms with Crippen molar-refractivity contribution < 1.29 is 37.3 Å². The van der Waals surface area contributed by atoms with Gasteiger partial charge < -0.3 is 28.5 Å². The molecule has 0 aromatic carbocycles. The van der Waals surface area contributed by atoms with E-state index in [4.69, 9.17) is 13.8 Å². The maximum Gasteiger partial charge on any atom is 0.306 e. The van der Waals surface area contributed by atoms with Crippen molar-refractivity contribution in [2.24, 2.45) is 0 Å². The lowest BCUT2D eigenvalue weighted by molar-refractivity contribution is -0.870. The average Bonchev–Trinajstić information content (AvgIpc) is 3.34.